The van der Waals surface area contributed by atoms with Crippen LogP contribution in [-0.2, 0) is 13.2 Å². The molecule has 4 rings (SSSR count). The maximum absolute atomic E-state index is 13.7. The first-order valence-corrected chi connectivity index (χ1v) is 10.8. The Morgan fingerprint density at radius 1 is 1.37 bits per heavy atom. The number of halogens is 1. The Labute approximate surface area is 201 Å². The number of aromatic nitrogens is 2. The van der Waals surface area contributed by atoms with E-state index in [-0.39, 0.29) is 36.2 Å². The standard InChI is InChI=1S/C25H23FN6O3/c1-28-11-20-22(16-3-5-17(26)6-4-16)19(10-27)25(31-23(20)32-12-18(33)13-32)35-14-15-7-8-30-21(9-15)24(34)29-2/h3-9,18,33H,1,11-14H2,2H3,(H,29,34). The number of pyridine rings is 2. The zero-order valence-corrected chi connectivity index (χ0v) is 19.0. The van der Waals surface area contributed by atoms with Gasteiger partial charge in [0.15, 0.2) is 0 Å². The van der Waals surface area contributed by atoms with Crippen LogP contribution >= 0.6 is 0 Å². The molecule has 1 fully saturated rings. The Morgan fingerprint density at radius 2 is 2.11 bits per heavy atom. The number of aliphatic hydroxyl groups is 1. The van der Waals surface area contributed by atoms with Gasteiger partial charge in [0.05, 0.1) is 12.6 Å². The van der Waals surface area contributed by atoms with E-state index in [9.17, 15) is 19.6 Å². The second-order valence-corrected chi connectivity index (χ2v) is 7.95. The van der Waals surface area contributed by atoms with Gasteiger partial charge in [-0.05, 0) is 42.1 Å². The molecule has 0 radical (unpaired) electrons. The van der Waals surface area contributed by atoms with Gasteiger partial charge < -0.3 is 20.1 Å². The van der Waals surface area contributed by atoms with Gasteiger partial charge in [0, 0.05) is 37.5 Å². The molecule has 1 aliphatic rings. The third kappa shape index (κ3) is 4.95. The molecule has 1 aromatic carbocycles. The molecule has 35 heavy (non-hydrogen) atoms. The van der Waals surface area contributed by atoms with Crippen molar-refractivity contribution in [2.24, 2.45) is 4.99 Å². The summed E-state index contributed by atoms with van der Waals surface area (Å²) in [7, 11) is 1.52. The summed E-state index contributed by atoms with van der Waals surface area (Å²) in [6.45, 7) is 4.51. The van der Waals surface area contributed by atoms with E-state index in [2.05, 4.69) is 33.1 Å². The van der Waals surface area contributed by atoms with E-state index in [1.54, 1.807) is 24.3 Å². The summed E-state index contributed by atoms with van der Waals surface area (Å²) in [5, 5.41) is 22.5. The molecule has 0 aliphatic carbocycles. The van der Waals surface area contributed by atoms with E-state index < -0.39 is 11.9 Å². The number of anilines is 1. The Kier molecular flexibility index (Phi) is 6.98. The highest BCUT2D eigenvalue weighted by molar-refractivity contribution is 5.92. The number of β-amino-alcohol motifs (C(OH)–C–C–N with tert-alkyl or cyclic N) is 1. The van der Waals surface area contributed by atoms with Gasteiger partial charge in [-0.25, -0.2) is 4.39 Å². The van der Waals surface area contributed by atoms with Crippen LogP contribution in [0.3, 0.4) is 0 Å². The van der Waals surface area contributed by atoms with Crippen molar-refractivity contribution >= 4 is 18.4 Å². The minimum absolute atomic E-state index is 0.0260. The molecule has 2 aromatic heterocycles. The Bertz CT molecular complexity index is 1300. The average molecular weight is 474 g/mol. The lowest BCUT2D eigenvalue weighted by molar-refractivity contribution is 0.0958. The molecule has 3 aromatic rings. The maximum Gasteiger partial charge on any atom is 0.269 e. The summed E-state index contributed by atoms with van der Waals surface area (Å²) in [4.78, 5) is 26.5. The van der Waals surface area contributed by atoms with Crippen molar-refractivity contribution in [3.63, 3.8) is 0 Å². The zero-order chi connectivity index (χ0) is 24.9. The van der Waals surface area contributed by atoms with E-state index >= 15 is 0 Å². The van der Waals surface area contributed by atoms with Gasteiger partial charge in [-0.15, -0.1) is 0 Å². The van der Waals surface area contributed by atoms with Gasteiger partial charge in [0.1, 0.15) is 35.6 Å². The Hall–Kier alpha value is -4.36. The van der Waals surface area contributed by atoms with E-state index in [1.165, 1.54) is 25.4 Å². The van der Waals surface area contributed by atoms with Crippen LogP contribution in [0.5, 0.6) is 5.88 Å². The lowest BCUT2D eigenvalue weighted by atomic mass is 9.94. The van der Waals surface area contributed by atoms with Gasteiger partial charge in [-0.3, -0.25) is 14.8 Å². The fraction of sp³-hybridized carbons (Fsp3) is 0.240. The van der Waals surface area contributed by atoms with Crippen LogP contribution in [0.2, 0.25) is 0 Å². The van der Waals surface area contributed by atoms with Gasteiger partial charge in [0.2, 0.25) is 5.88 Å². The summed E-state index contributed by atoms with van der Waals surface area (Å²) < 4.78 is 19.6. The number of benzene rings is 1. The molecule has 0 spiro atoms. The smallest absolute Gasteiger partial charge is 0.269 e. The summed E-state index contributed by atoms with van der Waals surface area (Å²) in [5.74, 6) is -0.149. The second kappa shape index (κ2) is 10.3. The minimum Gasteiger partial charge on any atom is -0.472 e. The Balaban J connectivity index is 1.80. The van der Waals surface area contributed by atoms with Crippen molar-refractivity contribution in [3.05, 3.63) is 70.8 Å². The van der Waals surface area contributed by atoms with Crippen LogP contribution in [0.1, 0.15) is 27.2 Å². The van der Waals surface area contributed by atoms with Crippen molar-refractivity contribution in [3.8, 4) is 23.1 Å². The molecular weight excluding hydrogens is 451 g/mol. The number of aliphatic hydroxyl groups excluding tert-OH is 1. The van der Waals surface area contributed by atoms with Gasteiger partial charge in [-0.1, -0.05) is 12.1 Å². The molecule has 0 unspecified atom stereocenters. The highest BCUT2D eigenvalue weighted by Gasteiger charge is 2.31. The van der Waals surface area contributed by atoms with Crippen LogP contribution in [0, 0.1) is 17.1 Å². The Morgan fingerprint density at radius 3 is 2.74 bits per heavy atom. The van der Waals surface area contributed by atoms with E-state index in [1.807, 2.05) is 4.90 Å². The van der Waals surface area contributed by atoms with Crippen LogP contribution in [-0.4, -0.2) is 53.9 Å². The monoisotopic (exact) mass is 474 g/mol. The van der Waals surface area contributed by atoms with Crippen LogP contribution in [0.15, 0.2) is 47.6 Å². The largest absolute Gasteiger partial charge is 0.472 e. The number of carbonyl (C=O) groups excluding carboxylic acids is 1. The third-order valence-corrected chi connectivity index (χ3v) is 5.58. The topological polar surface area (TPSA) is 124 Å². The molecule has 2 N–H and O–H groups in total. The highest BCUT2D eigenvalue weighted by atomic mass is 19.1. The summed E-state index contributed by atoms with van der Waals surface area (Å²) in [6, 6.07) is 11.2. The number of rotatable bonds is 8. The van der Waals surface area contributed by atoms with Crippen molar-refractivity contribution in [1.29, 1.82) is 5.26 Å². The average Bonchev–Trinajstić information content (AvgIpc) is 2.86. The molecule has 0 bridgehead atoms. The van der Waals surface area contributed by atoms with E-state index in [0.29, 0.717) is 41.2 Å². The third-order valence-electron chi connectivity index (χ3n) is 5.58. The zero-order valence-electron chi connectivity index (χ0n) is 19.0. The van der Waals surface area contributed by atoms with Gasteiger partial charge in [-0.2, -0.15) is 10.2 Å². The molecule has 1 saturated heterocycles. The number of ether oxygens (including phenoxy) is 1. The first-order valence-electron chi connectivity index (χ1n) is 10.8. The number of hydrogen-bond acceptors (Lipinski definition) is 8. The quantitative estimate of drug-likeness (QED) is 0.481. The number of carbonyl (C=O) groups is 1. The van der Waals surface area contributed by atoms with Crippen LogP contribution in [0.25, 0.3) is 11.1 Å². The van der Waals surface area contributed by atoms with Crippen LogP contribution in [0.4, 0.5) is 10.2 Å². The lowest BCUT2D eigenvalue weighted by Crippen LogP contribution is -2.51. The summed E-state index contributed by atoms with van der Waals surface area (Å²) in [5.41, 5.74) is 2.81. The number of nitrogens with one attached hydrogen (secondary N) is 1. The number of amides is 1. The number of aliphatic imine (C=N–C) groups is 1. The van der Waals surface area contributed by atoms with E-state index in [0.717, 1.165) is 0 Å². The minimum atomic E-state index is -0.490. The van der Waals surface area contributed by atoms with Crippen molar-refractivity contribution < 1.29 is 19.0 Å². The first kappa shape index (κ1) is 23.8. The number of hydrogen-bond donors (Lipinski definition) is 2. The normalized spacial score (nSPS) is 13.0. The van der Waals surface area contributed by atoms with Crippen molar-refractivity contribution in [2.45, 2.75) is 19.3 Å². The number of nitrogens with zero attached hydrogens (tertiary/aromatic N) is 5. The van der Waals surface area contributed by atoms with Crippen molar-refractivity contribution in [1.82, 2.24) is 15.3 Å². The predicted molar refractivity (Wildman–Crippen MR) is 128 cm³/mol. The molecule has 9 nitrogen and oxygen atoms in total. The molecule has 3 heterocycles. The molecular formula is C25H23FN6O3. The maximum atomic E-state index is 13.7. The fourth-order valence-corrected chi connectivity index (χ4v) is 3.85. The molecule has 1 amide bonds. The van der Waals surface area contributed by atoms with Crippen molar-refractivity contribution in [2.75, 3.05) is 25.0 Å². The molecule has 178 valence electrons. The summed E-state index contributed by atoms with van der Waals surface area (Å²) in [6.07, 6.45) is 1.01. The van der Waals surface area contributed by atoms with E-state index in [4.69, 9.17) is 4.74 Å². The van der Waals surface area contributed by atoms with Gasteiger partial charge >= 0.3 is 0 Å². The predicted octanol–water partition coefficient (Wildman–Crippen LogP) is 2.47. The SMILES string of the molecule is C=NCc1c(N2CC(O)C2)nc(OCc2ccnc(C(=O)NC)c2)c(C#N)c1-c1ccc(F)cc1. The number of nitriles is 1. The molecule has 0 saturated carbocycles. The summed E-state index contributed by atoms with van der Waals surface area (Å²) >= 11 is 0. The molecule has 10 heteroatoms. The molecule has 1 aliphatic heterocycles. The lowest BCUT2D eigenvalue weighted by Gasteiger charge is -2.38. The fourth-order valence-electron chi connectivity index (χ4n) is 3.85. The van der Waals surface area contributed by atoms with Gasteiger partial charge in [0.25, 0.3) is 5.91 Å². The second-order valence-electron chi connectivity index (χ2n) is 7.95. The molecule has 0 atom stereocenters. The first-order chi connectivity index (χ1) is 16.9. The van der Waals surface area contributed by atoms with Crippen LogP contribution < -0.4 is 15.0 Å². The highest BCUT2D eigenvalue weighted by Crippen LogP contribution is 2.39.